The normalized spacial score (nSPS) is 14.6. The summed E-state index contributed by atoms with van der Waals surface area (Å²) in [7, 11) is 0. The summed E-state index contributed by atoms with van der Waals surface area (Å²) in [6.07, 6.45) is 0.747. The number of benzene rings is 22. The van der Waals surface area contributed by atoms with E-state index in [1.54, 1.807) is 0 Å². The van der Waals surface area contributed by atoms with E-state index < -0.39 is 16.2 Å². The van der Waals surface area contributed by atoms with E-state index in [-0.39, 0.29) is 5.41 Å². The highest BCUT2D eigenvalue weighted by Gasteiger charge is 2.54. The summed E-state index contributed by atoms with van der Waals surface area (Å²) in [6.45, 7) is 7.31. The number of anilines is 6. The van der Waals surface area contributed by atoms with Crippen molar-refractivity contribution in [1.29, 1.82) is 0 Å². The van der Waals surface area contributed by atoms with Crippen LogP contribution in [0, 0.1) is 0 Å². The van der Waals surface area contributed by atoms with Gasteiger partial charge in [0.25, 0.3) is 0 Å². The molecule has 2 spiro atoms. The highest BCUT2D eigenvalue weighted by Crippen LogP contribution is 2.68. The summed E-state index contributed by atoms with van der Waals surface area (Å²) in [5, 5.41) is 2.46. The van der Waals surface area contributed by atoms with Gasteiger partial charge in [-0.15, -0.1) is 0 Å². The molecule has 0 amide bonds. The van der Waals surface area contributed by atoms with Crippen molar-refractivity contribution in [3.05, 3.63) is 576 Å². The molecule has 0 saturated heterocycles. The Morgan fingerprint density at radius 2 is 0.493 bits per heavy atom. The lowest BCUT2D eigenvalue weighted by molar-refractivity contribution is 0.583. The molecule has 140 heavy (non-hydrogen) atoms. The molecule has 1 unspecified atom stereocenters. The van der Waals surface area contributed by atoms with Crippen LogP contribution >= 0.6 is 0 Å². The van der Waals surface area contributed by atoms with Crippen LogP contribution in [0.4, 0.5) is 34.1 Å². The Bertz CT molecular complexity index is 8820. The Hall–Kier alpha value is -17.3. The molecule has 0 bridgehead atoms. The lowest BCUT2D eigenvalue weighted by Gasteiger charge is -2.32. The average Bonchev–Trinajstić information content (AvgIpc) is 1.51. The first-order chi connectivity index (χ1) is 69.1. The average molecular weight is 1780 g/mol. The first kappa shape index (κ1) is 81.1. The molecule has 6 aliphatic carbocycles. The molecule has 0 fully saturated rings. The van der Waals surface area contributed by atoms with Gasteiger partial charge in [-0.05, 0) is 273 Å². The fourth-order valence-electron chi connectivity index (χ4n) is 26.3. The molecule has 0 radical (unpaired) electrons. The van der Waals surface area contributed by atoms with Gasteiger partial charge in [0.1, 0.15) is 0 Å². The van der Waals surface area contributed by atoms with Crippen LogP contribution in [0.1, 0.15) is 93.1 Å². The molecule has 28 rings (SSSR count). The van der Waals surface area contributed by atoms with Gasteiger partial charge in [-0.1, -0.05) is 464 Å². The molecule has 0 N–H and O–H groups in total. The first-order valence-corrected chi connectivity index (χ1v) is 49.3. The third kappa shape index (κ3) is 11.7. The van der Waals surface area contributed by atoms with E-state index in [2.05, 4.69) is 534 Å². The van der Waals surface area contributed by atoms with Crippen LogP contribution in [0.25, 0.3) is 155 Å². The summed E-state index contributed by atoms with van der Waals surface area (Å²) in [4.78, 5) is 5.13. The van der Waals surface area contributed by atoms with Crippen molar-refractivity contribution in [3.8, 4) is 145 Å². The van der Waals surface area contributed by atoms with Crippen LogP contribution in [0.15, 0.2) is 504 Å². The number of fused-ring (bicyclic) bond motifs is 27. The zero-order chi connectivity index (χ0) is 92.7. The summed E-state index contributed by atoms with van der Waals surface area (Å²) >= 11 is 0. The second-order valence-electron chi connectivity index (χ2n) is 39.6. The van der Waals surface area contributed by atoms with Gasteiger partial charge in [0.15, 0.2) is 0 Å². The monoisotopic (exact) mass is 1780 g/mol. The summed E-state index contributed by atoms with van der Waals surface area (Å²) in [5.41, 5.74) is 53.6. The van der Waals surface area contributed by atoms with Crippen LogP contribution in [0.3, 0.4) is 0 Å². The number of nitrogens with zero attached hydrogens (tertiary/aromatic N) is 2. The molecule has 2 nitrogen and oxygen atoms in total. The highest BCUT2D eigenvalue weighted by molar-refractivity contribution is 6.07. The van der Waals surface area contributed by atoms with Crippen molar-refractivity contribution >= 4 is 44.9 Å². The van der Waals surface area contributed by atoms with E-state index >= 15 is 0 Å². The molecule has 1 atom stereocenters. The lowest BCUT2D eigenvalue weighted by Crippen LogP contribution is -2.26. The largest absolute Gasteiger partial charge is 0.309 e. The van der Waals surface area contributed by atoms with E-state index in [1.165, 1.54) is 183 Å². The minimum absolute atomic E-state index is 0.195. The van der Waals surface area contributed by atoms with Gasteiger partial charge < -0.3 is 9.80 Å². The minimum atomic E-state index is -0.601. The zero-order valence-electron chi connectivity index (χ0n) is 78.0. The summed E-state index contributed by atoms with van der Waals surface area (Å²) in [5.74, 6) is 0. The molecule has 0 saturated carbocycles. The van der Waals surface area contributed by atoms with E-state index in [1.807, 2.05) is 0 Å². The van der Waals surface area contributed by atoms with Gasteiger partial charge in [0.05, 0.1) is 33.6 Å². The Labute approximate surface area is 818 Å². The number of hydrogen-bond donors (Lipinski definition) is 0. The Morgan fingerprint density at radius 3 is 1.02 bits per heavy atom. The van der Waals surface area contributed by atoms with Crippen LogP contribution in [-0.2, 0) is 28.1 Å². The van der Waals surface area contributed by atoms with E-state index in [9.17, 15) is 0 Å². The molecular weight excluding hydrogens is 1690 g/mol. The lowest BCUT2D eigenvalue weighted by atomic mass is 9.70. The quantitative estimate of drug-likeness (QED) is 0.101. The van der Waals surface area contributed by atoms with Gasteiger partial charge >= 0.3 is 0 Å². The third-order valence-electron chi connectivity index (χ3n) is 32.2. The van der Waals surface area contributed by atoms with E-state index in [4.69, 9.17) is 0 Å². The van der Waals surface area contributed by atoms with Crippen LogP contribution in [0.2, 0.25) is 0 Å². The van der Waals surface area contributed by atoms with Crippen molar-refractivity contribution in [2.75, 3.05) is 9.80 Å². The number of para-hydroxylation sites is 4. The third-order valence-corrected chi connectivity index (χ3v) is 32.2. The van der Waals surface area contributed by atoms with Crippen molar-refractivity contribution in [1.82, 2.24) is 0 Å². The Kier molecular flexibility index (Phi) is 18.2. The molecule has 0 aliphatic heterocycles. The molecule has 656 valence electrons. The van der Waals surface area contributed by atoms with Gasteiger partial charge in [0.2, 0.25) is 0 Å². The molecule has 2 heteroatoms. The number of hydrogen-bond acceptors (Lipinski definition) is 2. The van der Waals surface area contributed by atoms with Crippen molar-refractivity contribution < 1.29 is 0 Å². The second kappa shape index (κ2) is 31.4. The zero-order valence-corrected chi connectivity index (χ0v) is 78.0. The Balaban J connectivity index is 0.601. The maximum absolute atomic E-state index is 2.61. The Morgan fingerprint density at radius 1 is 0.171 bits per heavy atom. The fourth-order valence-corrected chi connectivity index (χ4v) is 26.3. The van der Waals surface area contributed by atoms with Crippen LogP contribution in [-0.4, -0.2) is 0 Å². The minimum Gasteiger partial charge on any atom is -0.309 e. The summed E-state index contributed by atoms with van der Waals surface area (Å²) in [6, 6.07) is 192. The molecule has 22 aromatic carbocycles. The topological polar surface area (TPSA) is 6.48 Å². The van der Waals surface area contributed by atoms with Gasteiger partial charge in [0, 0.05) is 44.5 Å². The SMILES string of the molecule is CC1(C)c2ccccc2-c2c(-c3ccccc3N(c3ccc(-c4ccccc4)c(-c4ccccc4)c3)c3ccccc3-c3ccc4c(c3)-c3cc(CC5(C)c6ccccc6-c6c(-c7ccccc7N(c7ccc(-c8cccc9ccccc89)cc7)c7ccccc7-c7ccc8c(c7)-c7ccccc7C87c8ccccc8-c8ccccc87)cccc65)ccc3C43c4ccccc4-c4ccccc43)cccc21. The van der Waals surface area contributed by atoms with E-state index in [0.29, 0.717) is 0 Å². The van der Waals surface area contributed by atoms with Crippen molar-refractivity contribution in [3.63, 3.8) is 0 Å². The highest BCUT2D eigenvalue weighted by atomic mass is 15.2. The predicted octanol–water partition coefficient (Wildman–Crippen LogP) is 36.0. The standard InChI is InChI=1S/C138H94N2/c1-135(2)117-58-23-17-53-111(117)133-109(56-35-65-127(133)135)107-51-22-33-70-132(107)140(96-78-79-99(89-37-6-4-7-38-89)113(86-96)91-39-8-5-9-40-91)130-68-31-20-45-101(130)94-75-82-126-116(85-94)114-83-88(71-80-124(114)138(126)121-62-27-14-48-104(121)105-49-15-28-63-122(105)138)87-136(3)118-59-24-18-54-112(118)134-110(57-36-66-128(134)136)108-52-21-32-69-131(108)139(95-76-72-92(73-77-95)98-55-34-42-90-41-10-11-43-97(90)98)129-67-30-19-44-100(129)93-74-81-125-115(84-93)106-50-16-29-64-123(106)137(125)119-60-25-12-46-102(119)103-47-13-26-61-120(103)137/h4-86H,87H2,1-3H3. The van der Waals surface area contributed by atoms with E-state index in [0.717, 1.165) is 85.1 Å². The van der Waals surface area contributed by atoms with Crippen LogP contribution in [0.5, 0.6) is 0 Å². The number of rotatable bonds is 15. The smallest absolute Gasteiger partial charge is 0.0725 e. The molecular formula is C138H94N2. The maximum Gasteiger partial charge on any atom is 0.0725 e. The van der Waals surface area contributed by atoms with Crippen molar-refractivity contribution in [2.45, 2.75) is 48.9 Å². The molecule has 0 heterocycles. The predicted molar refractivity (Wildman–Crippen MR) is 584 cm³/mol. The second-order valence-corrected chi connectivity index (χ2v) is 39.6. The molecule has 6 aliphatic rings. The van der Waals surface area contributed by atoms with Gasteiger partial charge in [-0.2, -0.15) is 0 Å². The molecule has 0 aromatic heterocycles. The van der Waals surface area contributed by atoms with Gasteiger partial charge in [-0.3, -0.25) is 0 Å². The van der Waals surface area contributed by atoms with Crippen LogP contribution < -0.4 is 9.80 Å². The fraction of sp³-hybridized carbons (Fsp3) is 0.0580. The maximum atomic E-state index is 2.61. The molecule has 22 aromatic rings. The van der Waals surface area contributed by atoms with Gasteiger partial charge in [-0.25, -0.2) is 0 Å². The summed E-state index contributed by atoms with van der Waals surface area (Å²) < 4.78 is 0. The van der Waals surface area contributed by atoms with Crippen molar-refractivity contribution in [2.24, 2.45) is 0 Å². The first-order valence-electron chi connectivity index (χ1n) is 49.3.